The topological polar surface area (TPSA) is 87.7 Å². The number of carbonyl (C=O) groups excluding carboxylic acids is 3. The van der Waals surface area contributed by atoms with Crippen molar-refractivity contribution in [3.8, 4) is 5.75 Å². The summed E-state index contributed by atoms with van der Waals surface area (Å²) in [4.78, 5) is 37.8. The number of benzene rings is 2. The van der Waals surface area contributed by atoms with Crippen molar-refractivity contribution in [2.75, 3.05) is 29.2 Å². The molecule has 1 saturated heterocycles. The zero-order valence-corrected chi connectivity index (χ0v) is 17.3. The highest BCUT2D eigenvalue weighted by Gasteiger charge is 2.36. The Hall–Kier alpha value is -2.77. The summed E-state index contributed by atoms with van der Waals surface area (Å²) < 4.78 is 5.31. The fourth-order valence-electron chi connectivity index (χ4n) is 3.12. The minimum atomic E-state index is -0.558. The molecule has 1 atom stereocenters. The van der Waals surface area contributed by atoms with Crippen molar-refractivity contribution in [3.05, 3.63) is 46.4 Å². The van der Waals surface area contributed by atoms with Gasteiger partial charge in [-0.05, 0) is 36.4 Å². The molecule has 1 aliphatic heterocycles. The van der Waals surface area contributed by atoms with E-state index in [4.69, 9.17) is 27.9 Å². The molecule has 0 aliphatic carbocycles. The Morgan fingerprint density at radius 2 is 1.90 bits per heavy atom. The van der Waals surface area contributed by atoms with Gasteiger partial charge in [0.05, 0.1) is 29.4 Å². The Kier molecular flexibility index (Phi) is 6.30. The van der Waals surface area contributed by atoms with Gasteiger partial charge in [0.1, 0.15) is 5.75 Å². The highest BCUT2D eigenvalue weighted by Crippen LogP contribution is 2.35. The number of hydrogen-bond acceptors (Lipinski definition) is 4. The predicted octanol–water partition coefficient (Wildman–Crippen LogP) is 3.95. The molecular weight excluding hydrogens is 417 g/mol. The second kappa shape index (κ2) is 8.71. The summed E-state index contributed by atoms with van der Waals surface area (Å²) in [5, 5.41) is 6.11. The van der Waals surface area contributed by atoms with E-state index in [9.17, 15) is 14.4 Å². The Balaban J connectivity index is 1.73. The van der Waals surface area contributed by atoms with E-state index in [2.05, 4.69) is 10.6 Å². The van der Waals surface area contributed by atoms with Gasteiger partial charge in [-0.3, -0.25) is 14.4 Å². The molecule has 2 aromatic carbocycles. The van der Waals surface area contributed by atoms with E-state index in [0.29, 0.717) is 27.8 Å². The van der Waals surface area contributed by atoms with Gasteiger partial charge < -0.3 is 20.3 Å². The molecule has 2 N–H and O–H groups in total. The van der Waals surface area contributed by atoms with Crippen LogP contribution in [0.4, 0.5) is 17.1 Å². The van der Waals surface area contributed by atoms with Crippen molar-refractivity contribution in [3.63, 3.8) is 0 Å². The van der Waals surface area contributed by atoms with Crippen LogP contribution in [0.2, 0.25) is 10.0 Å². The number of methoxy groups -OCH3 is 1. The number of carbonyl (C=O) groups is 3. The van der Waals surface area contributed by atoms with Gasteiger partial charge in [-0.25, -0.2) is 0 Å². The summed E-state index contributed by atoms with van der Waals surface area (Å²) in [5.74, 6) is -0.801. The van der Waals surface area contributed by atoms with Crippen LogP contribution in [-0.4, -0.2) is 31.4 Å². The van der Waals surface area contributed by atoms with Gasteiger partial charge >= 0.3 is 0 Å². The largest absolute Gasteiger partial charge is 0.495 e. The molecule has 29 heavy (non-hydrogen) atoms. The maximum absolute atomic E-state index is 12.7. The minimum Gasteiger partial charge on any atom is -0.495 e. The van der Waals surface area contributed by atoms with E-state index in [1.165, 1.54) is 18.9 Å². The van der Waals surface area contributed by atoms with E-state index < -0.39 is 5.92 Å². The van der Waals surface area contributed by atoms with Crippen LogP contribution >= 0.6 is 23.2 Å². The highest BCUT2D eigenvalue weighted by atomic mass is 35.5. The number of halogens is 2. The van der Waals surface area contributed by atoms with Crippen LogP contribution in [0.25, 0.3) is 0 Å². The third kappa shape index (κ3) is 4.81. The molecule has 3 amide bonds. The van der Waals surface area contributed by atoms with Crippen LogP contribution in [0.1, 0.15) is 13.3 Å². The first-order valence-electron chi connectivity index (χ1n) is 8.80. The van der Waals surface area contributed by atoms with Crippen LogP contribution in [0.15, 0.2) is 36.4 Å². The van der Waals surface area contributed by atoms with Crippen molar-refractivity contribution in [1.82, 2.24) is 0 Å². The zero-order valence-electron chi connectivity index (χ0n) is 15.8. The van der Waals surface area contributed by atoms with Gasteiger partial charge in [-0.15, -0.1) is 0 Å². The van der Waals surface area contributed by atoms with Crippen molar-refractivity contribution < 1.29 is 19.1 Å². The number of rotatable bonds is 5. The van der Waals surface area contributed by atoms with E-state index in [1.807, 2.05) is 0 Å². The van der Waals surface area contributed by atoms with Gasteiger partial charge in [-0.1, -0.05) is 23.2 Å². The molecule has 0 radical (unpaired) electrons. The molecule has 2 aromatic rings. The lowest BCUT2D eigenvalue weighted by Gasteiger charge is -2.20. The summed E-state index contributed by atoms with van der Waals surface area (Å²) in [6, 6.07) is 9.75. The molecule has 152 valence electrons. The average Bonchev–Trinajstić information content (AvgIpc) is 3.05. The number of ether oxygens (including phenoxy) is 1. The lowest BCUT2D eigenvalue weighted by molar-refractivity contribution is -0.122. The summed E-state index contributed by atoms with van der Waals surface area (Å²) in [6.07, 6.45) is 0.0586. The quantitative estimate of drug-likeness (QED) is 0.743. The smallest absolute Gasteiger partial charge is 0.229 e. The Labute approximate surface area is 177 Å². The van der Waals surface area contributed by atoms with Gasteiger partial charge in [0.15, 0.2) is 0 Å². The van der Waals surface area contributed by atoms with E-state index in [1.54, 1.807) is 36.4 Å². The monoisotopic (exact) mass is 435 g/mol. The van der Waals surface area contributed by atoms with Crippen LogP contribution < -0.4 is 20.3 Å². The maximum Gasteiger partial charge on any atom is 0.229 e. The van der Waals surface area contributed by atoms with Gasteiger partial charge in [0.25, 0.3) is 0 Å². The molecule has 7 nitrogen and oxygen atoms in total. The van der Waals surface area contributed by atoms with Gasteiger partial charge in [0.2, 0.25) is 17.7 Å². The predicted molar refractivity (Wildman–Crippen MR) is 113 cm³/mol. The number of nitrogens with zero attached hydrogens (tertiary/aromatic N) is 1. The maximum atomic E-state index is 12.7. The lowest BCUT2D eigenvalue weighted by atomic mass is 10.1. The van der Waals surface area contributed by atoms with Crippen LogP contribution in [-0.2, 0) is 14.4 Å². The summed E-state index contributed by atoms with van der Waals surface area (Å²) >= 11 is 12.3. The number of hydrogen-bond donors (Lipinski definition) is 2. The molecule has 3 rings (SSSR count). The van der Waals surface area contributed by atoms with Crippen molar-refractivity contribution in [2.45, 2.75) is 13.3 Å². The second-order valence-corrected chi connectivity index (χ2v) is 7.43. The van der Waals surface area contributed by atoms with Crippen LogP contribution in [0.5, 0.6) is 5.75 Å². The van der Waals surface area contributed by atoms with E-state index >= 15 is 0 Å². The second-order valence-electron chi connectivity index (χ2n) is 6.59. The molecule has 1 heterocycles. The summed E-state index contributed by atoms with van der Waals surface area (Å²) in [5.41, 5.74) is 1.45. The van der Waals surface area contributed by atoms with E-state index in [0.717, 1.165) is 0 Å². The van der Waals surface area contributed by atoms with Crippen molar-refractivity contribution in [2.24, 2.45) is 5.92 Å². The third-order valence-electron chi connectivity index (χ3n) is 4.47. The Morgan fingerprint density at radius 3 is 2.55 bits per heavy atom. The van der Waals surface area contributed by atoms with Crippen molar-refractivity contribution >= 4 is 58.0 Å². The van der Waals surface area contributed by atoms with E-state index in [-0.39, 0.29) is 35.7 Å². The molecule has 1 unspecified atom stereocenters. The first-order valence-corrected chi connectivity index (χ1v) is 9.56. The van der Waals surface area contributed by atoms with Crippen LogP contribution in [0, 0.1) is 5.92 Å². The van der Waals surface area contributed by atoms with Gasteiger partial charge in [-0.2, -0.15) is 0 Å². The van der Waals surface area contributed by atoms with Crippen LogP contribution in [0.3, 0.4) is 0 Å². The molecule has 9 heteroatoms. The first kappa shape index (κ1) is 21.0. The fourth-order valence-corrected chi connectivity index (χ4v) is 3.52. The minimum absolute atomic E-state index is 0.0586. The van der Waals surface area contributed by atoms with Crippen molar-refractivity contribution in [1.29, 1.82) is 0 Å². The lowest BCUT2D eigenvalue weighted by Crippen LogP contribution is -2.28. The Bertz CT molecular complexity index is 980. The standard InChI is InChI=1S/C20H19Cl2N3O4/c1-11(26)23-14-4-5-16(15(22)9-14)24-20(28)12-7-19(27)25(10-12)17-8-13(21)3-6-18(17)29-2/h3-6,8-9,12H,7,10H2,1-2H3,(H,23,26)(H,24,28). The molecule has 0 aromatic heterocycles. The normalized spacial score (nSPS) is 15.9. The fraction of sp³-hybridized carbons (Fsp3) is 0.250. The molecule has 0 saturated carbocycles. The SMILES string of the molecule is COc1ccc(Cl)cc1N1CC(C(=O)Nc2ccc(NC(C)=O)cc2Cl)CC1=O. The summed E-state index contributed by atoms with van der Waals surface area (Å²) in [7, 11) is 1.50. The molecular formula is C20H19Cl2N3O4. The molecule has 0 spiro atoms. The average molecular weight is 436 g/mol. The zero-order chi connectivity index (χ0) is 21.1. The molecule has 1 fully saturated rings. The number of amides is 3. The highest BCUT2D eigenvalue weighted by molar-refractivity contribution is 6.34. The number of nitrogens with one attached hydrogen (secondary N) is 2. The number of anilines is 3. The summed E-state index contributed by atoms with van der Waals surface area (Å²) in [6.45, 7) is 1.59. The third-order valence-corrected chi connectivity index (χ3v) is 5.02. The van der Waals surface area contributed by atoms with Gasteiger partial charge in [0, 0.05) is 30.6 Å². The molecule has 0 bridgehead atoms. The molecule has 1 aliphatic rings. The Morgan fingerprint density at radius 1 is 1.14 bits per heavy atom. The first-order chi connectivity index (χ1) is 13.8.